The van der Waals surface area contributed by atoms with Crippen molar-refractivity contribution in [1.82, 2.24) is 10.2 Å². The molecule has 0 atom stereocenters. The number of likely N-dealkylation sites (tertiary alicyclic amines) is 1. The first-order valence-corrected chi connectivity index (χ1v) is 7.41. The van der Waals surface area contributed by atoms with Gasteiger partial charge in [-0.2, -0.15) is 0 Å². The molecule has 1 fully saturated rings. The predicted molar refractivity (Wildman–Crippen MR) is 94.4 cm³/mol. The fraction of sp³-hybridized carbons (Fsp3) is 0.857. The minimum atomic E-state index is 0. The molecule has 0 unspecified atom stereocenters. The summed E-state index contributed by atoms with van der Waals surface area (Å²) in [6.45, 7) is 7.48. The lowest BCUT2D eigenvalue weighted by Gasteiger charge is -2.26. The van der Waals surface area contributed by atoms with Gasteiger partial charge in [0, 0.05) is 32.6 Å². The highest BCUT2D eigenvalue weighted by Crippen LogP contribution is 2.09. The lowest BCUT2D eigenvalue weighted by Crippen LogP contribution is -2.39. The first kappa shape index (κ1) is 19.5. The van der Waals surface area contributed by atoms with Gasteiger partial charge in [-0.15, -0.1) is 24.0 Å². The molecule has 5 nitrogen and oxygen atoms in total. The smallest absolute Gasteiger partial charge is 0.224 e. The van der Waals surface area contributed by atoms with Gasteiger partial charge in [-0.05, 0) is 31.6 Å². The number of hydrogen-bond acceptors (Lipinski definition) is 2. The molecule has 0 aromatic rings. The van der Waals surface area contributed by atoms with Crippen LogP contribution < -0.4 is 11.1 Å². The summed E-state index contributed by atoms with van der Waals surface area (Å²) in [6.07, 6.45) is 5.06. The van der Waals surface area contributed by atoms with E-state index in [1.807, 2.05) is 4.90 Å². The summed E-state index contributed by atoms with van der Waals surface area (Å²) >= 11 is 0. The summed E-state index contributed by atoms with van der Waals surface area (Å²) in [5.74, 6) is 1.31. The quantitative estimate of drug-likeness (QED) is 0.410. The average Bonchev–Trinajstić information content (AvgIpc) is 2.39. The van der Waals surface area contributed by atoms with E-state index < -0.39 is 0 Å². The Balaban J connectivity index is 0.00000361. The van der Waals surface area contributed by atoms with E-state index in [2.05, 4.69) is 24.2 Å². The highest BCUT2D eigenvalue weighted by atomic mass is 127. The fourth-order valence-electron chi connectivity index (χ4n) is 2.10. The molecule has 1 amide bonds. The third kappa shape index (κ3) is 8.60. The van der Waals surface area contributed by atoms with Crippen LogP contribution in [0.4, 0.5) is 0 Å². The third-order valence-electron chi connectivity index (χ3n) is 3.34. The van der Waals surface area contributed by atoms with Crippen molar-refractivity contribution in [1.29, 1.82) is 0 Å². The van der Waals surface area contributed by atoms with Gasteiger partial charge in [0.15, 0.2) is 5.96 Å². The Labute approximate surface area is 139 Å². The molecule has 0 aromatic heterocycles. The maximum atomic E-state index is 11.9. The molecule has 0 radical (unpaired) electrons. The van der Waals surface area contributed by atoms with E-state index >= 15 is 0 Å². The van der Waals surface area contributed by atoms with Crippen molar-refractivity contribution in [3.63, 3.8) is 0 Å². The molecular formula is C14H29IN4O. The Morgan fingerprint density at radius 3 is 2.55 bits per heavy atom. The van der Waals surface area contributed by atoms with Gasteiger partial charge in [-0.3, -0.25) is 9.79 Å². The highest BCUT2D eigenvalue weighted by Gasteiger charge is 2.15. The number of hydrogen-bond donors (Lipinski definition) is 2. The van der Waals surface area contributed by atoms with E-state index in [1.54, 1.807) is 0 Å². The number of nitrogens with two attached hydrogens (primary N) is 1. The zero-order valence-corrected chi connectivity index (χ0v) is 15.1. The van der Waals surface area contributed by atoms with Crippen LogP contribution in [0.2, 0.25) is 0 Å². The van der Waals surface area contributed by atoms with Crippen molar-refractivity contribution in [2.24, 2.45) is 16.6 Å². The van der Waals surface area contributed by atoms with Crippen LogP contribution in [-0.4, -0.2) is 42.9 Å². The molecule has 1 saturated heterocycles. The molecule has 0 aromatic carbocycles. The summed E-state index contributed by atoms with van der Waals surface area (Å²) in [5.41, 5.74) is 5.74. The number of nitrogens with one attached hydrogen (secondary N) is 1. The van der Waals surface area contributed by atoms with Crippen molar-refractivity contribution in [2.75, 3.05) is 26.2 Å². The van der Waals surface area contributed by atoms with E-state index in [0.717, 1.165) is 38.9 Å². The van der Waals surface area contributed by atoms with Crippen molar-refractivity contribution < 1.29 is 4.79 Å². The monoisotopic (exact) mass is 396 g/mol. The van der Waals surface area contributed by atoms with Crippen LogP contribution >= 0.6 is 24.0 Å². The van der Waals surface area contributed by atoms with Gasteiger partial charge in [-0.25, -0.2) is 0 Å². The van der Waals surface area contributed by atoms with Crippen LogP contribution in [0, 0.1) is 5.92 Å². The largest absolute Gasteiger partial charge is 0.370 e. The number of guanidine groups is 1. The molecule has 1 heterocycles. The maximum Gasteiger partial charge on any atom is 0.224 e. The summed E-state index contributed by atoms with van der Waals surface area (Å²) in [5, 5.41) is 3.01. The normalized spacial score (nSPS) is 15.9. The fourth-order valence-corrected chi connectivity index (χ4v) is 2.10. The van der Waals surface area contributed by atoms with Crippen LogP contribution in [-0.2, 0) is 4.79 Å². The second kappa shape index (κ2) is 11.2. The first-order valence-electron chi connectivity index (χ1n) is 7.41. The Morgan fingerprint density at radius 1 is 1.30 bits per heavy atom. The van der Waals surface area contributed by atoms with Crippen molar-refractivity contribution in [2.45, 2.75) is 46.0 Å². The molecule has 1 aliphatic heterocycles. The van der Waals surface area contributed by atoms with E-state index in [0.29, 0.717) is 24.8 Å². The standard InChI is InChI=1S/C14H28N4O.HI/c1-12(2)6-8-16-14(15)17-9-7-13(19)18-10-4-3-5-11-18;/h12H,3-11H2,1-2H3,(H3,15,16,17);1H. The molecule has 20 heavy (non-hydrogen) atoms. The third-order valence-corrected chi connectivity index (χ3v) is 3.34. The van der Waals surface area contributed by atoms with Crippen LogP contribution in [0.25, 0.3) is 0 Å². The summed E-state index contributed by atoms with van der Waals surface area (Å²) in [7, 11) is 0. The van der Waals surface area contributed by atoms with Gasteiger partial charge in [0.05, 0.1) is 0 Å². The van der Waals surface area contributed by atoms with Crippen LogP contribution in [0.15, 0.2) is 4.99 Å². The minimum Gasteiger partial charge on any atom is -0.370 e. The van der Waals surface area contributed by atoms with Crippen molar-refractivity contribution >= 4 is 35.8 Å². The van der Waals surface area contributed by atoms with Crippen molar-refractivity contribution in [3.05, 3.63) is 0 Å². The summed E-state index contributed by atoms with van der Waals surface area (Å²) < 4.78 is 0. The zero-order valence-electron chi connectivity index (χ0n) is 12.7. The molecule has 1 rings (SSSR count). The number of carbonyl (C=O) groups is 1. The Bertz CT molecular complexity index is 302. The van der Waals surface area contributed by atoms with Crippen LogP contribution in [0.1, 0.15) is 46.0 Å². The number of piperidine rings is 1. The molecule has 118 valence electrons. The molecular weight excluding hydrogens is 367 g/mol. The molecule has 0 spiro atoms. The topological polar surface area (TPSA) is 70.7 Å². The van der Waals surface area contributed by atoms with Gasteiger partial charge in [0.1, 0.15) is 0 Å². The van der Waals surface area contributed by atoms with Crippen molar-refractivity contribution in [3.8, 4) is 0 Å². The number of nitrogens with zero attached hydrogens (tertiary/aromatic N) is 2. The Morgan fingerprint density at radius 2 is 1.95 bits per heavy atom. The van der Waals surface area contributed by atoms with Gasteiger partial charge < -0.3 is 16.0 Å². The Hall–Kier alpha value is -0.530. The number of amides is 1. The molecule has 0 bridgehead atoms. The predicted octanol–water partition coefficient (Wildman–Crippen LogP) is 1.96. The number of aliphatic imine (C=N–C) groups is 1. The van der Waals surface area contributed by atoms with Crippen LogP contribution in [0.5, 0.6) is 0 Å². The summed E-state index contributed by atoms with van der Waals surface area (Å²) in [4.78, 5) is 18.1. The van der Waals surface area contributed by atoms with Gasteiger partial charge in [0.2, 0.25) is 5.91 Å². The Kier molecular flexibility index (Phi) is 10.9. The SMILES string of the molecule is CC(C)CCN=C(N)NCCC(=O)N1CCCCC1.I. The zero-order chi connectivity index (χ0) is 14.1. The van der Waals surface area contributed by atoms with Gasteiger partial charge in [-0.1, -0.05) is 13.8 Å². The average molecular weight is 396 g/mol. The first-order chi connectivity index (χ1) is 9.09. The van der Waals surface area contributed by atoms with E-state index in [-0.39, 0.29) is 29.9 Å². The van der Waals surface area contributed by atoms with E-state index in [1.165, 1.54) is 6.42 Å². The van der Waals surface area contributed by atoms with Crippen LogP contribution in [0.3, 0.4) is 0 Å². The second-order valence-corrected chi connectivity index (χ2v) is 5.57. The molecule has 1 aliphatic rings. The minimum absolute atomic E-state index is 0. The molecule has 3 N–H and O–H groups in total. The lowest BCUT2D eigenvalue weighted by molar-refractivity contribution is -0.131. The summed E-state index contributed by atoms with van der Waals surface area (Å²) in [6, 6.07) is 0. The molecule has 0 aliphatic carbocycles. The lowest BCUT2D eigenvalue weighted by atomic mass is 10.1. The van der Waals surface area contributed by atoms with E-state index in [4.69, 9.17) is 5.73 Å². The number of rotatable bonds is 6. The van der Waals surface area contributed by atoms with Gasteiger partial charge in [0.25, 0.3) is 0 Å². The number of carbonyl (C=O) groups excluding carboxylic acids is 1. The second-order valence-electron chi connectivity index (χ2n) is 5.57. The van der Waals surface area contributed by atoms with E-state index in [9.17, 15) is 4.79 Å². The maximum absolute atomic E-state index is 11.9. The molecule has 6 heteroatoms. The highest BCUT2D eigenvalue weighted by molar-refractivity contribution is 14.0. The molecule has 0 saturated carbocycles. The van der Waals surface area contributed by atoms with Gasteiger partial charge >= 0.3 is 0 Å². The number of halogens is 1.